The molecule has 1 aliphatic rings. The third-order valence-electron chi connectivity index (χ3n) is 3.17. The lowest BCUT2D eigenvalue weighted by Gasteiger charge is -2.36. The van der Waals surface area contributed by atoms with Gasteiger partial charge in [-0.15, -0.1) is 0 Å². The van der Waals surface area contributed by atoms with Gasteiger partial charge in [-0.2, -0.15) is 0 Å². The maximum Gasteiger partial charge on any atom is 0.129 e. The van der Waals surface area contributed by atoms with Gasteiger partial charge in [0.1, 0.15) is 13.0 Å². The molecule has 1 heterocycles. The molecule has 0 radical (unpaired) electrons. The molecule has 0 saturated heterocycles. The van der Waals surface area contributed by atoms with Crippen molar-refractivity contribution < 1.29 is 9.84 Å². The summed E-state index contributed by atoms with van der Waals surface area (Å²) in [7, 11) is 1.66. The predicted octanol–water partition coefficient (Wildman–Crippen LogP) is 1.92. The largest absolute Gasteiger partial charge is 0.374 e. The number of nitrogens with zero attached hydrogens (tertiary/aromatic N) is 1. The van der Waals surface area contributed by atoms with E-state index < -0.39 is 6.23 Å². The maximum atomic E-state index is 10.0. The smallest absolute Gasteiger partial charge is 0.129 e. The van der Waals surface area contributed by atoms with Crippen LogP contribution in [0.1, 0.15) is 24.5 Å². The highest BCUT2D eigenvalue weighted by Gasteiger charge is 2.25. The number of hydrogen-bond acceptors (Lipinski definition) is 3. The Labute approximate surface area is 96.6 Å². The van der Waals surface area contributed by atoms with E-state index in [0.29, 0.717) is 6.73 Å². The van der Waals surface area contributed by atoms with Gasteiger partial charge in [-0.05, 0) is 30.4 Å². The highest BCUT2D eigenvalue weighted by atomic mass is 16.5. The van der Waals surface area contributed by atoms with Crippen molar-refractivity contribution in [2.75, 3.05) is 18.7 Å². The van der Waals surface area contributed by atoms with Gasteiger partial charge in [0.05, 0.1) is 0 Å². The summed E-state index contributed by atoms with van der Waals surface area (Å²) in [6.07, 6.45) is 2.30. The number of benzene rings is 1. The molecule has 88 valence electrons. The van der Waals surface area contributed by atoms with Crippen molar-refractivity contribution in [1.82, 2.24) is 0 Å². The van der Waals surface area contributed by atoms with Crippen LogP contribution in [-0.2, 0) is 17.6 Å². The molecule has 0 fully saturated rings. The highest BCUT2D eigenvalue weighted by Crippen LogP contribution is 2.33. The van der Waals surface area contributed by atoms with Crippen molar-refractivity contribution >= 4 is 5.69 Å². The number of para-hydroxylation sites is 1. The molecule has 0 aromatic heterocycles. The first-order valence-corrected chi connectivity index (χ1v) is 5.82. The average molecular weight is 221 g/mol. The minimum Gasteiger partial charge on any atom is -0.374 e. The SMILES string of the molecule is CCc1cccc2c1N(COC)C(O)CC2. The van der Waals surface area contributed by atoms with Crippen molar-refractivity contribution in [1.29, 1.82) is 0 Å². The van der Waals surface area contributed by atoms with Crippen LogP contribution in [0, 0.1) is 0 Å². The van der Waals surface area contributed by atoms with Gasteiger partial charge in [0.2, 0.25) is 0 Å². The number of fused-ring (bicyclic) bond motifs is 1. The molecule has 1 aromatic rings. The summed E-state index contributed by atoms with van der Waals surface area (Å²) >= 11 is 0. The quantitative estimate of drug-likeness (QED) is 0.846. The Bertz CT molecular complexity index is 351. The van der Waals surface area contributed by atoms with Crippen molar-refractivity contribution in [3.63, 3.8) is 0 Å². The van der Waals surface area contributed by atoms with Crippen molar-refractivity contribution in [3.05, 3.63) is 29.3 Å². The monoisotopic (exact) mass is 221 g/mol. The summed E-state index contributed by atoms with van der Waals surface area (Å²) in [5, 5.41) is 10.0. The van der Waals surface area contributed by atoms with Gasteiger partial charge in [0, 0.05) is 12.8 Å². The lowest BCUT2D eigenvalue weighted by molar-refractivity contribution is 0.102. The van der Waals surface area contributed by atoms with Gasteiger partial charge in [0.25, 0.3) is 0 Å². The Morgan fingerprint density at radius 2 is 2.31 bits per heavy atom. The second kappa shape index (κ2) is 4.85. The summed E-state index contributed by atoms with van der Waals surface area (Å²) in [6, 6.07) is 6.36. The summed E-state index contributed by atoms with van der Waals surface area (Å²) in [4.78, 5) is 1.96. The first-order valence-electron chi connectivity index (χ1n) is 5.82. The third kappa shape index (κ3) is 1.93. The van der Waals surface area contributed by atoms with Crippen LogP contribution >= 0.6 is 0 Å². The van der Waals surface area contributed by atoms with Gasteiger partial charge in [-0.1, -0.05) is 25.1 Å². The standard InChI is InChI=1S/C13H19NO2/c1-3-10-5-4-6-11-7-8-12(15)14(9-16-2)13(10)11/h4-6,12,15H,3,7-9H2,1-2H3. The number of methoxy groups -OCH3 is 1. The van der Waals surface area contributed by atoms with Gasteiger partial charge in [-0.3, -0.25) is 0 Å². The van der Waals surface area contributed by atoms with E-state index in [1.165, 1.54) is 16.8 Å². The lowest BCUT2D eigenvalue weighted by atomic mass is 9.96. The Hall–Kier alpha value is -1.06. The Morgan fingerprint density at radius 3 is 3.00 bits per heavy atom. The molecule has 1 unspecified atom stereocenters. The molecule has 0 bridgehead atoms. The molecule has 0 amide bonds. The normalized spacial score (nSPS) is 19.7. The molecule has 3 nitrogen and oxygen atoms in total. The second-order valence-electron chi connectivity index (χ2n) is 4.19. The Kier molecular flexibility index (Phi) is 3.46. The first kappa shape index (κ1) is 11.4. The number of rotatable bonds is 3. The zero-order chi connectivity index (χ0) is 11.5. The number of anilines is 1. The molecule has 1 aliphatic heterocycles. The third-order valence-corrected chi connectivity index (χ3v) is 3.17. The molecular formula is C13H19NO2. The number of aryl methyl sites for hydroxylation is 2. The fourth-order valence-electron chi connectivity index (χ4n) is 2.38. The fraction of sp³-hybridized carbons (Fsp3) is 0.538. The second-order valence-corrected chi connectivity index (χ2v) is 4.19. The molecule has 3 heteroatoms. The van der Waals surface area contributed by atoms with E-state index in [0.717, 1.165) is 19.3 Å². The van der Waals surface area contributed by atoms with E-state index >= 15 is 0 Å². The Morgan fingerprint density at radius 1 is 1.50 bits per heavy atom. The van der Waals surface area contributed by atoms with Gasteiger partial charge in [-0.25, -0.2) is 0 Å². The minimum absolute atomic E-state index is 0.417. The predicted molar refractivity (Wildman–Crippen MR) is 64.5 cm³/mol. The van der Waals surface area contributed by atoms with Crippen LogP contribution in [0.4, 0.5) is 5.69 Å². The van der Waals surface area contributed by atoms with Crippen molar-refractivity contribution in [2.24, 2.45) is 0 Å². The van der Waals surface area contributed by atoms with E-state index in [2.05, 4.69) is 25.1 Å². The lowest BCUT2D eigenvalue weighted by Crippen LogP contribution is -2.41. The van der Waals surface area contributed by atoms with Crippen LogP contribution in [0.3, 0.4) is 0 Å². The molecule has 1 atom stereocenters. The number of aliphatic hydroxyl groups is 1. The zero-order valence-electron chi connectivity index (χ0n) is 9.94. The summed E-state index contributed by atoms with van der Waals surface area (Å²) < 4.78 is 5.17. The first-order chi connectivity index (χ1) is 7.77. The van der Waals surface area contributed by atoms with Crippen LogP contribution in [0.15, 0.2) is 18.2 Å². The maximum absolute atomic E-state index is 10.0. The number of aliphatic hydroxyl groups excluding tert-OH is 1. The molecule has 0 saturated carbocycles. The van der Waals surface area contributed by atoms with Crippen LogP contribution < -0.4 is 4.90 Å². The van der Waals surface area contributed by atoms with Crippen molar-refractivity contribution in [3.8, 4) is 0 Å². The van der Waals surface area contributed by atoms with E-state index in [9.17, 15) is 5.11 Å². The minimum atomic E-state index is -0.417. The zero-order valence-corrected chi connectivity index (χ0v) is 9.94. The summed E-state index contributed by atoms with van der Waals surface area (Å²) in [5.41, 5.74) is 3.78. The average Bonchev–Trinajstić information content (AvgIpc) is 2.32. The number of ether oxygens (including phenoxy) is 1. The van der Waals surface area contributed by atoms with Crippen molar-refractivity contribution in [2.45, 2.75) is 32.4 Å². The van der Waals surface area contributed by atoms with E-state index in [1.54, 1.807) is 7.11 Å². The molecule has 16 heavy (non-hydrogen) atoms. The van der Waals surface area contributed by atoms with Gasteiger partial charge >= 0.3 is 0 Å². The summed E-state index contributed by atoms with van der Waals surface area (Å²) in [6.45, 7) is 2.59. The van der Waals surface area contributed by atoms with Crippen LogP contribution in [-0.4, -0.2) is 25.2 Å². The highest BCUT2D eigenvalue weighted by molar-refractivity contribution is 5.61. The van der Waals surface area contributed by atoms with Crippen LogP contribution in [0.25, 0.3) is 0 Å². The molecule has 0 spiro atoms. The van der Waals surface area contributed by atoms with E-state index in [-0.39, 0.29) is 0 Å². The van der Waals surface area contributed by atoms with E-state index in [4.69, 9.17) is 4.74 Å². The van der Waals surface area contributed by atoms with Crippen LogP contribution in [0.5, 0.6) is 0 Å². The van der Waals surface area contributed by atoms with E-state index in [1.807, 2.05) is 4.90 Å². The number of hydrogen-bond donors (Lipinski definition) is 1. The molecular weight excluding hydrogens is 202 g/mol. The topological polar surface area (TPSA) is 32.7 Å². The molecule has 1 aromatic carbocycles. The summed E-state index contributed by atoms with van der Waals surface area (Å²) in [5.74, 6) is 0. The van der Waals surface area contributed by atoms with Gasteiger partial charge in [0.15, 0.2) is 0 Å². The Balaban J connectivity index is 2.43. The molecule has 2 rings (SSSR count). The molecule has 0 aliphatic carbocycles. The van der Waals surface area contributed by atoms with Crippen LogP contribution in [0.2, 0.25) is 0 Å². The fourth-order valence-corrected chi connectivity index (χ4v) is 2.38. The molecule has 1 N–H and O–H groups in total. The van der Waals surface area contributed by atoms with Gasteiger partial charge < -0.3 is 14.7 Å².